The fourth-order valence-corrected chi connectivity index (χ4v) is 6.51. The van der Waals surface area contributed by atoms with E-state index in [2.05, 4.69) is 19.9 Å². The lowest BCUT2D eigenvalue weighted by Gasteiger charge is -2.15. The van der Waals surface area contributed by atoms with Gasteiger partial charge in [-0.3, -0.25) is 0 Å². The number of benzene rings is 1. The highest BCUT2D eigenvalue weighted by molar-refractivity contribution is 7.92. The molecule has 1 saturated heterocycles. The van der Waals surface area contributed by atoms with Gasteiger partial charge in [0.15, 0.2) is 9.84 Å². The maximum Gasteiger partial charge on any atom is 0.163 e. The Labute approximate surface area is 173 Å². The predicted molar refractivity (Wildman–Crippen MR) is 114 cm³/mol. The van der Waals surface area contributed by atoms with Gasteiger partial charge in [-0.2, -0.15) is 0 Å². The molecule has 0 radical (unpaired) electrons. The summed E-state index contributed by atoms with van der Waals surface area (Å²) in [5, 5.41) is 9.65. The van der Waals surface area contributed by atoms with Crippen LogP contribution in [-0.4, -0.2) is 37.2 Å². The van der Waals surface area contributed by atoms with Gasteiger partial charge in [-0.15, -0.1) is 0 Å². The van der Waals surface area contributed by atoms with Gasteiger partial charge in [0.05, 0.1) is 23.5 Å². The van der Waals surface area contributed by atoms with E-state index < -0.39 is 15.1 Å². The summed E-state index contributed by atoms with van der Waals surface area (Å²) in [6.07, 6.45) is 7.38. The Morgan fingerprint density at radius 3 is 2.75 bits per heavy atom. The first-order chi connectivity index (χ1) is 13.4. The summed E-state index contributed by atoms with van der Waals surface area (Å²) in [5.74, 6) is 0.365. The van der Waals surface area contributed by atoms with Gasteiger partial charge in [0, 0.05) is 0 Å². The molecule has 0 unspecified atom stereocenters. The van der Waals surface area contributed by atoms with Crippen molar-refractivity contribution in [3.8, 4) is 5.75 Å². The lowest BCUT2D eigenvalue weighted by atomic mass is 9.94. The molecular formula is C22H29ClO4S. The Morgan fingerprint density at radius 1 is 1.29 bits per heavy atom. The highest BCUT2D eigenvalue weighted by Gasteiger charge is 2.46. The number of hydrogen-bond donors (Lipinski definition) is 1. The van der Waals surface area contributed by atoms with Crippen LogP contribution in [0, 0.1) is 0 Å². The van der Waals surface area contributed by atoms with Crippen molar-refractivity contribution < 1.29 is 18.3 Å². The van der Waals surface area contributed by atoms with E-state index in [9.17, 15) is 13.5 Å². The van der Waals surface area contributed by atoms with Gasteiger partial charge < -0.3 is 9.84 Å². The van der Waals surface area contributed by atoms with E-state index in [1.165, 1.54) is 5.57 Å². The van der Waals surface area contributed by atoms with E-state index in [0.717, 1.165) is 55.2 Å². The van der Waals surface area contributed by atoms with Crippen molar-refractivity contribution in [2.24, 2.45) is 0 Å². The lowest BCUT2D eigenvalue weighted by Crippen LogP contribution is -2.19. The second-order valence-corrected chi connectivity index (χ2v) is 10.3. The topological polar surface area (TPSA) is 63.6 Å². The number of sulfone groups is 1. The molecule has 1 aromatic rings. The van der Waals surface area contributed by atoms with Crippen LogP contribution in [0.2, 0.25) is 5.02 Å². The Kier molecular flexibility index (Phi) is 6.89. The second-order valence-electron chi connectivity index (χ2n) is 7.72. The smallest absolute Gasteiger partial charge is 0.163 e. The normalized spacial score (nSPS) is 24.0. The lowest BCUT2D eigenvalue weighted by molar-refractivity contribution is 0.117. The zero-order valence-corrected chi connectivity index (χ0v) is 18.2. The Bertz CT molecular complexity index is 886. The van der Waals surface area contributed by atoms with Crippen LogP contribution in [0.1, 0.15) is 57.9 Å². The maximum absolute atomic E-state index is 12.5. The van der Waals surface area contributed by atoms with Crippen molar-refractivity contribution in [1.82, 2.24) is 0 Å². The zero-order chi connectivity index (χ0) is 20.3. The molecule has 4 nitrogen and oxygen atoms in total. The number of halogens is 1. The molecule has 0 spiro atoms. The highest BCUT2D eigenvalue weighted by atomic mass is 35.5. The Hall–Kier alpha value is -1.30. The average Bonchev–Trinajstić information content (AvgIpc) is 3.16. The first-order valence-electron chi connectivity index (χ1n) is 10.1. The van der Waals surface area contributed by atoms with Crippen molar-refractivity contribution >= 4 is 27.5 Å². The monoisotopic (exact) mass is 424 g/mol. The van der Waals surface area contributed by atoms with Crippen LogP contribution in [0.3, 0.4) is 0 Å². The van der Waals surface area contributed by atoms with Crippen LogP contribution in [0.4, 0.5) is 0 Å². The molecule has 0 bridgehead atoms. The Morgan fingerprint density at radius 2 is 2.07 bits per heavy atom. The number of phenols is 1. The summed E-state index contributed by atoms with van der Waals surface area (Å²) in [7, 11) is -3.09. The van der Waals surface area contributed by atoms with Crippen LogP contribution in [-0.2, 0) is 14.6 Å². The summed E-state index contributed by atoms with van der Waals surface area (Å²) >= 11 is 6.26. The van der Waals surface area contributed by atoms with E-state index in [-0.39, 0.29) is 17.6 Å². The number of fused-ring (bicyclic) bond motifs is 1. The summed E-state index contributed by atoms with van der Waals surface area (Å²) in [5.41, 5.74) is 4.28. The van der Waals surface area contributed by atoms with E-state index in [0.29, 0.717) is 11.6 Å². The molecule has 1 fully saturated rings. The molecule has 1 aromatic carbocycles. The molecule has 0 amide bonds. The molecule has 0 saturated carbocycles. The van der Waals surface area contributed by atoms with Crippen molar-refractivity contribution in [3.63, 3.8) is 0 Å². The van der Waals surface area contributed by atoms with Crippen LogP contribution < -0.4 is 0 Å². The van der Waals surface area contributed by atoms with Gasteiger partial charge in [-0.05, 0) is 55.0 Å². The standard InChI is InChI=1S/C22H29ClO4S/c1-3-5-15(11-16-8-9-18(24)12-19(16)23)7-10-20-22-17(6-4-2)14-28(25,26)21(22)13-27-20/h8-9,11-12,20-21,24H,3-7,10,13-14H2,1-2H3/b15-11+/t20-,21+/m1/s1. The molecular weight excluding hydrogens is 396 g/mol. The summed E-state index contributed by atoms with van der Waals surface area (Å²) < 4.78 is 30.8. The number of hydrogen-bond acceptors (Lipinski definition) is 4. The summed E-state index contributed by atoms with van der Waals surface area (Å²) in [6.45, 7) is 4.52. The van der Waals surface area contributed by atoms with Crippen molar-refractivity contribution in [2.75, 3.05) is 12.4 Å². The number of ether oxygens (including phenoxy) is 1. The zero-order valence-electron chi connectivity index (χ0n) is 16.6. The third-order valence-corrected chi connectivity index (χ3v) is 7.89. The number of rotatable bonds is 8. The molecule has 0 aromatic heterocycles. The molecule has 28 heavy (non-hydrogen) atoms. The SMILES string of the molecule is CCCC1=C2[C@@H](CC/C(=C/c3ccc(O)cc3Cl)CCC)OC[C@@H]2S(=O)(=O)C1. The number of phenolic OH excluding ortho intramolecular Hbond substituents is 1. The van der Waals surface area contributed by atoms with Crippen LogP contribution in [0.25, 0.3) is 6.08 Å². The molecule has 1 N–H and O–H groups in total. The van der Waals surface area contributed by atoms with Gasteiger partial charge in [-0.25, -0.2) is 8.42 Å². The molecule has 6 heteroatoms. The maximum atomic E-state index is 12.5. The molecule has 2 atom stereocenters. The minimum Gasteiger partial charge on any atom is -0.508 e. The minimum atomic E-state index is -3.09. The molecule has 2 aliphatic heterocycles. The van der Waals surface area contributed by atoms with Crippen molar-refractivity contribution in [2.45, 2.75) is 63.7 Å². The summed E-state index contributed by atoms with van der Waals surface area (Å²) in [4.78, 5) is 0. The molecule has 2 heterocycles. The second kappa shape index (κ2) is 9.02. The van der Waals surface area contributed by atoms with Crippen LogP contribution >= 0.6 is 11.6 Å². The van der Waals surface area contributed by atoms with Crippen molar-refractivity contribution in [3.05, 3.63) is 45.5 Å². The van der Waals surface area contributed by atoms with Gasteiger partial charge in [0.25, 0.3) is 0 Å². The molecule has 0 aliphatic carbocycles. The molecule has 3 rings (SSSR count). The van der Waals surface area contributed by atoms with Crippen LogP contribution in [0.5, 0.6) is 5.75 Å². The van der Waals surface area contributed by atoms with Crippen LogP contribution in [0.15, 0.2) is 34.9 Å². The average molecular weight is 425 g/mol. The third-order valence-electron chi connectivity index (χ3n) is 5.55. The van der Waals surface area contributed by atoms with Gasteiger partial charge in [0.2, 0.25) is 0 Å². The first-order valence-corrected chi connectivity index (χ1v) is 12.2. The Balaban J connectivity index is 1.77. The third kappa shape index (κ3) is 4.64. The molecule has 2 aliphatic rings. The van der Waals surface area contributed by atoms with E-state index >= 15 is 0 Å². The van der Waals surface area contributed by atoms with E-state index in [1.807, 2.05) is 6.07 Å². The number of allylic oxidation sites excluding steroid dienone is 1. The van der Waals surface area contributed by atoms with E-state index in [1.54, 1.807) is 12.1 Å². The van der Waals surface area contributed by atoms with Gasteiger partial charge in [0.1, 0.15) is 11.0 Å². The van der Waals surface area contributed by atoms with Gasteiger partial charge >= 0.3 is 0 Å². The number of aromatic hydroxyl groups is 1. The largest absolute Gasteiger partial charge is 0.508 e. The van der Waals surface area contributed by atoms with Gasteiger partial charge in [-0.1, -0.05) is 55.5 Å². The van der Waals surface area contributed by atoms with E-state index in [4.69, 9.17) is 16.3 Å². The fraction of sp³-hybridized carbons (Fsp3) is 0.545. The quantitative estimate of drug-likeness (QED) is 0.575. The predicted octanol–water partition coefficient (Wildman–Crippen LogP) is 5.30. The molecule has 154 valence electrons. The fourth-order valence-electron chi connectivity index (χ4n) is 4.29. The minimum absolute atomic E-state index is 0.0978. The first kappa shape index (κ1) is 21.4. The summed E-state index contributed by atoms with van der Waals surface area (Å²) in [6, 6.07) is 5.00. The van der Waals surface area contributed by atoms with Crippen molar-refractivity contribution in [1.29, 1.82) is 0 Å². The highest BCUT2D eigenvalue weighted by Crippen LogP contribution is 2.40.